The molecule has 0 atom stereocenters. The third-order valence-corrected chi connectivity index (χ3v) is 6.42. The molecule has 0 unspecified atom stereocenters. The molecule has 1 heteroatoms. The van der Waals surface area contributed by atoms with Crippen molar-refractivity contribution in [3.63, 3.8) is 0 Å². The quantitative estimate of drug-likeness (QED) is 0.711. The van der Waals surface area contributed by atoms with Gasteiger partial charge in [-0.15, -0.1) is 0 Å². The number of hydrogen-bond acceptors (Lipinski definition) is 1. The van der Waals surface area contributed by atoms with Gasteiger partial charge >= 0.3 is 0 Å². The highest BCUT2D eigenvalue weighted by Gasteiger charge is 2.51. The van der Waals surface area contributed by atoms with E-state index in [4.69, 9.17) is 0 Å². The minimum Gasteiger partial charge on any atom is -0.303 e. The van der Waals surface area contributed by atoms with Crippen LogP contribution < -0.4 is 0 Å². The van der Waals surface area contributed by atoms with E-state index in [-0.39, 0.29) is 0 Å². The molecule has 5 aliphatic rings. The van der Waals surface area contributed by atoms with Gasteiger partial charge in [0.2, 0.25) is 0 Å². The molecule has 1 saturated heterocycles. The Balaban J connectivity index is 1.46. The highest BCUT2D eigenvalue weighted by atomic mass is 15.1. The van der Waals surface area contributed by atoms with Gasteiger partial charge in [-0.2, -0.15) is 0 Å². The molecule has 1 nitrogen and oxygen atoms in total. The topological polar surface area (TPSA) is 3.24 Å². The van der Waals surface area contributed by atoms with Crippen molar-refractivity contribution < 1.29 is 0 Å². The summed E-state index contributed by atoms with van der Waals surface area (Å²) < 4.78 is 0. The predicted octanol–water partition coefficient (Wildman–Crippen LogP) is 4.08. The lowest BCUT2D eigenvalue weighted by Crippen LogP contribution is -2.51. The molecule has 5 rings (SSSR count). The van der Waals surface area contributed by atoms with E-state index in [0.29, 0.717) is 0 Å². The molecule has 0 N–H and O–H groups in total. The molecule has 102 valence electrons. The summed E-state index contributed by atoms with van der Waals surface area (Å²) >= 11 is 0. The van der Waals surface area contributed by atoms with Crippen molar-refractivity contribution in [3.05, 3.63) is 0 Å². The van der Waals surface area contributed by atoms with Crippen LogP contribution in [-0.2, 0) is 0 Å². The summed E-state index contributed by atoms with van der Waals surface area (Å²) in [4.78, 5) is 2.85. The molecule has 0 aromatic carbocycles. The van der Waals surface area contributed by atoms with Crippen LogP contribution in [0.1, 0.15) is 64.2 Å². The minimum absolute atomic E-state index is 0.777. The Hall–Kier alpha value is -0.0400. The summed E-state index contributed by atoms with van der Waals surface area (Å²) in [6.45, 7) is 4.28. The highest BCUT2D eigenvalue weighted by Crippen LogP contribution is 2.60. The van der Waals surface area contributed by atoms with E-state index in [1.165, 1.54) is 45.3 Å². The third-order valence-electron chi connectivity index (χ3n) is 6.42. The Morgan fingerprint density at radius 3 is 1.72 bits per heavy atom. The van der Waals surface area contributed by atoms with Gasteiger partial charge in [0.25, 0.3) is 0 Å². The zero-order valence-electron chi connectivity index (χ0n) is 11.9. The number of likely N-dealkylation sites (tertiary alicyclic amines) is 1. The van der Waals surface area contributed by atoms with Crippen LogP contribution in [-0.4, -0.2) is 24.5 Å². The lowest BCUT2D eigenvalue weighted by Gasteiger charge is -2.58. The third kappa shape index (κ3) is 2.13. The normalized spacial score (nSPS) is 48.3. The van der Waals surface area contributed by atoms with E-state index in [9.17, 15) is 0 Å². The van der Waals surface area contributed by atoms with Gasteiger partial charge in [-0.25, -0.2) is 0 Å². The Morgan fingerprint density at radius 2 is 1.22 bits per heavy atom. The summed E-state index contributed by atoms with van der Waals surface area (Å²) in [6.07, 6.45) is 15.5. The molecule has 4 aliphatic carbocycles. The van der Waals surface area contributed by atoms with Crippen molar-refractivity contribution >= 4 is 0 Å². The summed E-state index contributed by atoms with van der Waals surface area (Å²) in [6, 6.07) is 0. The zero-order valence-corrected chi connectivity index (χ0v) is 11.9. The lowest BCUT2D eigenvalue weighted by atomic mass is 9.49. The number of rotatable bonds is 2. The van der Waals surface area contributed by atoms with Gasteiger partial charge in [-0.1, -0.05) is 12.8 Å². The fourth-order valence-electron chi connectivity index (χ4n) is 6.25. The number of nitrogens with zero attached hydrogens (tertiary/aromatic N) is 1. The average molecular weight is 247 g/mol. The van der Waals surface area contributed by atoms with Crippen LogP contribution in [0.2, 0.25) is 0 Å². The number of hydrogen-bond donors (Lipinski definition) is 0. The first kappa shape index (κ1) is 11.8. The van der Waals surface area contributed by atoms with E-state index >= 15 is 0 Å². The van der Waals surface area contributed by atoms with Crippen molar-refractivity contribution in [1.82, 2.24) is 4.90 Å². The maximum Gasteiger partial charge on any atom is 0.00383 e. The Bertz CT molecular complexity index is 265. The van der Waals surface area contributed by atoms with Gasteiger partial charge in [0.1, 0.15) is 0 Å². The van der Waals surface area contributed by atoms with Gasteiger partial charge in [0.05, 0.1) is 0 Å². The molecule has 1 aliphatic heterocycles. The zero-order chi connectivity index (χ0) is 12.0. The van der Waals surface area contributed by atoms with Gasteiger partial charge in [-0.3, -0.25) is 0 Å². The van der Waals surface area contributed by atoms with Gasteiger partial charge in [-0.05, 0) is 87.6 Å². The predicted molar refractivity (Wildman–Crippen MR) is 75.5 cm³/mol. The smallest absolute Gasteiger partial charge is 0.00383 e. The van der Waals surface area contributed by atoms with E-state index < -0.39 is 0 Å². The monoisotopic (exact) mass is 247 g/mol. The molecule has 0 aromatic heterocycles. The molecule has 0 spiro atoms. The summed E-state index contributed by atoms with van der Waals surface area (Å²) in [5.74, 6) is 3.38. The van der Waals surface area contributed by atoms with Crippen LogP contribution in [0.3, 0.4) is 0 Å². The largest absolute Gasteiger partial charge is 0.303 e. The average Bonchev–Trinajstić information content (AvgIpc) is 2.55. The summed E-state index contributed by atoms with van der Waals surface area (Å²) in [7, 11) is 0. The Morgan fingerprint density at radius 1 is 0.722 bits per heavy atom. The van der Waals surface area contributed by atoms with Gasteiger partial charge < -0.3 is 4.90 Å². The molecule has 0 radical (unpaired) electrons. The Labute approximate surface area is 112 Å². The maximum atomic E-state index is 2.85. The van der Waals surface area contributed by atoms with Gasteiger partial charge in [0, 0.05) is 6.54 Å². The van der Waals surface area contributed by atoms with Crippen LogP contribution in [0.4, 0.5) is 0 Å². The van der Waals surface area contributed by atoms with Crippen molar-refractivity contribution in [2.24, 2.45) is 23.2 Å². The minimum atomic E-state index is 0.777. The molecule has 0 aromatic rings. The van der Waals surface area contributed by atoms with Crippen LogP contribution in [0.25, 0.3) is 0 Å². The summed E-state index contributed by atoms with van der Waals surface area (Å²) in [5, 5.41) is 0. The fraction of sp³-hybridized carbons (Fsp3) is 1.00. The Kier molecular flexibility index (Phi) is 2.94. The molecule has 5 fully saturated rings. The van der Waals surface area contributed by atoms with E-state index in [1.807, 2.05) is 0 Å². The van der Waals surface area contributed by atoms with Gasteiger partial charge in [0.15, 0.2) is 0 Å². The molecular formula is C17H29N. The molecular weight excluding hydrogens is 218 g/mol. The van der Waals surface area contributed by atoms with Crippen molar-refractivity contribution in [3.8, 4) is 0 Å². The van der Waals surface area contributed by atoms with Crippen molar-refractivity contribution in [2.75, 3.05) is 19.6 Å². The van der Waals surface area contributed by atoms with E-state index in [1.54, 1.807) is 38.5 Å². The van der Waals surface area contributed by atoms with Crippen LogP contribution in [0.5, 0.6) is 0 Å². The van der Waals surface area contributed by atoms with Crippen LogP contribution >= 0.6 is 0 Å². The molecule has 18 heavy (non-hydrogen) atoms. The highest BCUT2D eigenvalue weighted by molar-refractivity contribution is 5.02. The molecule has 4 saturated carbocycles. The second-order valence-electron chi connectivity index (χ2n) is 8.11. The standard InChI is InChI=1S/C17H29N/c1-2-4-6-18(5-3-1)13-17-10-14-7-15(11-17)9-16(8-14)12-17/h14-16H,1-13H2. The van der Waals surface area contributed by atoms with E-state index in [2.05, 4.69) is 4.90 Å². The first-order valence-corrected chi connectivity index (χ1v) is 8.54. The fourth-order valence-corrected chi connectivity index (χ4v) is 6.25. The maximum absolute atomic E-state index is 2.85. The second-order valence-corrected chi connectivity index (χ2v) is 8.11. The van der Waals surface area contributed by atoms with Crippen molar-refractivity contribution in [2.45, 2.75) is 64.2 Å². The molecule has 1 heterocycles. The SMILES string of the molecule is C1CCCN(CC23CC4CC(CC(C4)C2)C3)CC1. The lowest BCUT2D eigenvalue weighted by molar-refractivity contribution is -0.0687. The molecule has 0 amide bonds. The van der Waals surface area contributed by atoms with Crippen molar-refractivity contribution in [1.29, 1.82) is 0 Å². The first-order valence-electron chi connectivity index (χ1n) is 8.54. The summed E-state index contributed by atoms with van der Waals surface area (Å²) in [5.41, 5.74) is 0.777. The van der Waals surface area contributed by atoms with Crippen LogP contribution in [0.15, 0.2) is 0 Å². The van der Waals surface area contributed by atoms with Crippen LogP contribution in [0, 0.1) is 23.2 Å². The second kappa shape index (κ2) is 4.51. The van der Waals surface area contributed by atoms with E-state index in [0.717, 1.165) is 23.2 Å². The molecule has 4 bridgehead atoms. The first-order chi connectivity index (χ1) is 8.81.